The first-order chi connectivity index (χ1) is 25.1. The van der Waals surface area contributed by atoms with Crippen LogP contribution in [-0.2, 0) is 14.3 Å². The molecule has 3 saturated heterocycles. The van der Waals surface area contributed by atoms with Gasteiger partial charge in [-0.25, -0.2) is 0 Å². The van der Waals surface area contributed by atoms with E-state index in [9.17, 15) is 25.2 Å². The summed E-state index contributed by atoms with van der Waals surface area (Å²) in [5.74, 6) is 0.916. The van der Waals surface area contributed by atoms with E-state index in [1.54, 1.807) is 0 Å². The Kier molecular flexibility index (Phi) is 11.2. The number of carbonyl (C=O) groups is 1. The Morgan fingerprint density at radius 2 is 1.83 bits per heavy atom. The Bertz CT molecular complexity index is 1370. The average Bonchev–Trinajstić information content (AvgIpc) is 3.90. The lowest BCUT2D eigenvalue weighted by Crippen LogP contribution is -2.64. The minimum Gasteiger partial charge on any atom is -0.396 e. The lowest BCUT2D eigenvalue weighted by atomic mass is 9.44. The molecule has 9 nitrogen and oxygen atoms in total. The topological polar surface area (TPSA) is 158 Å². The minimum absolute atomic E-state index is 0.00612. The summed E-state index contributed by atoms with van der Waals surface area (Å²) in [5, 5.41) is 50.7. The molecule has 0 radical (unpaired) electrons. The van der Waals surface area contributed by atoms with Crippen molar-refractivity contribution in [3.05, 3.63) is 11.6 Å². The first-order valence-corrected chi connectivity index (χ1v) is 21.9. The molecule has 0 aromatic rings. The highest BCUT2D eigenvalue weighted by Crippen LogP contribution is 2.71. The summed E-state index contributed by atoms with van der Waals surface area (Å²) in [5.41, 5.74) is 2.55. The molecule has 0 aromatic heterocycles. The number of nitrogens with one attached hydrogen (secondary N) is 1. The number of piperidine rings is 1. The van der Waals surface area contributed by atoms with Gasteiger partial charge in [-0.2, -0.15) is 0 Å². The zero-order valence-electron chi connectivity index (χ0n) is 33.7. The van der Waals surface area contributed by atoms with Gasteiger partial charge in [0.25, 0.3) is 0 Å². The SMILES string of the molecule is CCCCCC[C@]12CC[C@H](O)C[C@H]1C(=O)C=C1[C@@H]2CC[C@@]2(C)[C@@H]([C@]3([C@@H]4O[C@@H]4[C@](C)(O)[C@](C)(CO)CCC4CCNC(N)C4)C[C@@H](C)CCO3)CC[C@@]12O. The fraction of sp³-hybridized carbons (Fsp3) is 0.932. The van der Waals surface area contributed by atoms with Crippen molar-refractivity contribution in [2.75, 3.05) is 19.8 Å². The summed E-state index contributed by atoms with van der Waals surface area (Å²) in [4.78, 5) is 14.2. The van der Waals surface area contributed by atoms with Crippen LogP contribution in [-0.4, -0.2) is 87.2 Å². The van der Waals surface area contributed by atoms with Crippen molar-refractivity contribution in [3.63, 3.8) is 0 Å². The molecule has 302 valence electrons. The van der Waals surface area contributed by atoms with Gasteiger partial charge in [0.15, 0.2) is 5.78 Å². The van der Waals surface area contributed by atoms with Crippen LogP contribution in [0.1, 0.15) is 150 Å². The van der Waals surface area contributed by atoms with Gasteiger partial charge in [0.05, 0.1) is 30.1 Å². The molecule has 7 N–H and O–H groups in total. The maximum absolute atomic E-state index is 14.2. The molecule has 0 bridgehead atoms. The number of ketones is 1. The number of rotatable bonds is 13. The summed E-state index contributed by atoms with van der Waals surface area (Å²) in [6, 6.07) is 0. The predicted molar refractivity (Wildman–Crippen MR) is 206 cm³/mol. The van der Waals surface area contributed by atoms with Crippen LogP contribution in [0.25, 0.3) is 0 Å². The van der Waals surface area contributed by atoms with Gasteiger partial charge in [-0.15, -0.1) is 0 Å². The second kappa shape index (κ2) is 14.8. The molecular weight excluding hydrogens is 668 g/mol. The molecule has 0 spiro atoms. The summed E-state index contributed by atoms with van der Waals surface area (Å²) in [7, 11) is 0. The monoisotopic (exact) mass is 743 g/mol. The molecule has 53 heavy (non-hydrogen) atoms. The average molecular weight is 743 g/mol. The molecule has 3 aliphatic heterocycles. The van der Waals surface area contributed by atoms with E-state index in [2.05, 4.69) is 26.1 Å². The maximum Gasteiger partial charge on any atom is 0.159 e. The van der Waals surface area contributed by atoms with Gasteiger partial charge in [0, 0.05) is 23.4 Å². The molecular formula is C44H74N2O7. The van der Waals surface area contributed by atoms with Gasteiger partial charge in [0.1, 0.15) is 17.8 Å². The zero-order chi connectivity index (χ0) is 38.0. The number of hydrogen-bond acceptors (Lipinski definition) is 9. The quantitative estimate of drug-likeness (QED) is 0.0994. The first-order valence-electron chi connectivity index (χ1n) is 21.9. The second-order valence-corrected chi connectivity index (χ2v) is 20.2. The van der Waals surface area contributed by atoms with Gasteiger partial charge in [-0.3, -0.25) is 4.79 Å². The molecule has 3 saturated carbocycles. The van der Waals surface area contributed by atoms with Crippen LogP contribution in [0.2, 0.25) is 0 Å². The van der Waals surface area contributed by atoms with Gasteiger partial charge in [-0.1, -0.05) is 53.4 Å². The van der Waals surface area contributed by atoms with Crippen molar-refractivity contribution >= 4 is 5.78 Å². The smallest absolute Gasteiger partial charge is 0.159 e. The van der Waals surface area contributed by atoms with E-state index in [0.717, 1.165) is 95.6 Å². The van der Waals surface area contributed by atoms with Gasteiger partial charge >= 0.3 is 0 Å². The third-order valence-electron chi connectivity index (χ3n) is 17.3. The van der Waals surface area contributed by atoms with E-state index in [4.69, 9.17) is 15.2 Å². The van der Waals surface area contributed by atoms with Gasteiger partial charge in [0.2, 0.25) is 0 Å². The van der Waals surface area contributed by atoms with Crippen LogP contribution >= 0.6 is 0 Å². The Morgan fingerprint density at radius 3 is 2.55 bits per heavy atom. The van der Waals surface area contributed by atoms with Crippen LogP contribution in [0.3, 0.4) is 0 Å². The number of hydrogen-bond donors (Lipinski definition) is 6. The van der Waals surface area contributed by atoms with Crippen molar-refractivity contribution in [1.82, 2.24) is 5.32 Å². The fourth-order valence-corrected chi connectivity index (χ4v) is 13.6. The molecule has 7 aliphatic rings. The van der Waals surface area contributed by atoms with Gasteiger partial charge in [-0.05, 0) is 144 Å². The fourth-order valence-electron chi connectivity index (χ4n) is 13.6. The predicted octanol–water partition coefficient (Wildman–Crippen LogP) is 5.94. The molecule has 9 heteroatoms. The molecule has 3 heterocycles. The second-order valence-electron chi connectivity index (χ2n) is 20.2. The van der Waals surface area contributed by atoms with Crippen molar-refractivity contribution < 1.29 is 34.7 Å². The van der Waals surface area contributed by atoms with Gasteiger partial charge < -0.3 is 41.0 Å². The highest BCUT2D eigenvalue weighted by Gasteiger charge is 2.75. The number of unbranched alkanes of at least 4 members (excludes halogenated alkanes) is 3. The van der Waals surface area contributed by atoms with Crippen LogP contribution in [0.15, 0.2) is 11.6 Å². The van der Waals surface area contributed by atoms with Crippen molar-refractivity contribution in [2.24, 2.45) is 51.6 Å². The Hall–Kier alpha value is -0.910. The third-order valence-corrected chi connectivity index (χ3v) is 17.3. The molecule has 2 unspecified atom stereocenters. The number of aliphatic hydroxyl groups is 4. The summed E-state index contributed by atoms with van der Waals surface area (Å²) < 4.78 is 13.7. The lowest BCUT2D eigenvalue weighted by Gasteiger charge is -2.62. The zero-order valence-corrected chi connectivity index (χ0v) is 33.7. The highest BCUT2D eigenvalue weighted by atomic mass is 16.6. The van der Waals surface area contributed by atoms with E-state index in [0.29, 0.717) is 37.7 Å². The van der Waals surface area contributed by atoms with Crippen LogP contribution in [0, 0.1) is 45.8 Å². The summed E-state index contributed by atoms with van der Waals surface area (Å²) in [6.07, 6.45) is 16.7. The van der Waals surface area contributed by atoms with Crippen LogP contribution in [0.5, 0.6) is 0 Å². The number of ether oxygens (including phenoxy) is 2. The van der Waals surface area contributed by atoms with Crippen LogP contribution in [0.4, 0.5) is 0 Å². The van der Waals surface area contributed by atoms with E-state index in [-0.39, 0.29) is 47.8 Å². The number of allylic oxidation sites excluding steroid dienone is 1. The number of nitrogens with two attached hydrogens (primary N) is 1. The van der Waals surface area contributed by atoms with E-state index in [1.165, 1.54) is 12.8 Å². The van der Waals surface area contributed by atoms with Crippen molar-refractivity contribution in [3.8, 4) is 0 Å². The normalized spacial score (nSPS) is 47.8. The van der Waals surface area contributed by atoms with Crippen molar-refractivity contribution in [2.45, 2.75) is 191 Å². The van der Waals surface area contributed by atoms with E-state index < -0.39 is 39.8 Å². The molecule has 0 amide bonds. The molecule has 7 rings (SSSR count). The number of epoxide rings is 1. The Labute approximate surface area is 319 Å². The van der Waals surface area contributed by atoms with Crippen molar-refractivity contribution in [1.29, 1.82) is 0 Å². The van der Waals surface area contributed by atoms with E-state index >= 15 is 0 Å². The Balaban J connectivity index is 1.17. The Morgan fingerprint density at radius 1 is 1.04 bits per heavy atom. The minimum atomic E-state index is -1.30. The maximum atomic E-state index is 14.2. The van der Waals surface area contributed by atoms with E-state index in [1.807, 2.05) is 19.9 Å². The highest BCUT2D eigenvalue weighted by molar-refractivity contribution is 5.95. The molecule has 6 fully saturated rings. The number of aliphatic hydroxyl groups excluding tert-OH is 2. The number of carbonyl (C=O) groups excluding carboxylic acids is 1. The number of fused-ring (bicyclic) bond motifs is 5. The first kappa shape index (κ1) is 40.3. The standard InChI is InChI=1S/C44H74N2O7/c1-6-7-8-9-16-42-19-11-30(48)24-33(42)34(49)25-32-31(42)12-18-40(4)35(13-20-44(32,40)51)43(26-28(2)15-22-52-43)38-37(53-38)41(5,50)39(3,27-47)17-10-29-14-21-46-36(45)23-29/h25,28-31,33,35-38,46-48,50-51H,6-24,26-27,45H2,1-5H3/t28-,29?,30-,31-,33-,35-,36?,37-,38+,39-,40-,41-,42+,43-,44+/m0/s1. The lowest BCUT2D eigenvalue weighted by molar-refractivity contribution is -0.194. The van der Waals surface area contributed by atoms with Crippen LogP contribution < -0.4 is 11.1 Å². The summed E-state index contributed by atoms with van der Waals surface area (Å²) >= 11 is 0. The molecule has 4 aliphatic carbocycles. The third kappa shape index (κ3) is 6.55. The largest absolute Gasteiger partial charge is 0.396 e. The molecule has 0 aromatic carbocycles. The summed E-state index contributed by atoms with van der Waals surface area (Å²) in [6.45, 7) is 12.0. The molecule has 15 atom stereocenters.